The number of aliphatic carboxylic acids is 1. The van der Waals surface area contributed by atoms with Gasteiger partial charge >= 0.3 is 11.9 Å². The Morgan fingerprint density at radius 2 is 2.00 bits per heavy atom. The first-order valence-corrected chi connectivity index (χ1v) is 9.18. The van der Waals surface area contributed by atoms with Gasteiger partial charge in [-0.25, -0.2) is 0 Å². The van der Waals surface area contributed by atoms with Gasteiger partial charge in [0.25, 0.3) is 0 Å². The molecule has 6 heteroatoms. The van der Waals surface area contributed by atoms with Gasteiger partial charge in [-0.3, -0.25) is 9.59 Å². The zero-order chi connectivity index (χ0) is 17.9. The number of aliphatic hydroxyl groups is 2. The topological polar surface area (TPSA) is 104 Å². The molecule has 3 N–H and O–H groups in total. The Balaban J connectivity index is 1.76. The fraction of sp³-hybridized carbons (Fsp3) is 0.789. The van der Waals surface area contributed by atoms with E-state index in [9.17, 15) is 24.9 Å². The number of carboxylic acids is 1. The minimum atomic E-state index is -1.37. The van der Waals surface area contributed by atoms with Gasteiger partial charge in [0.2, 0.25) is 0 Å². The van der Waals surface area contributed by atoms with Crippen molar-refractivity contribution in [2.75, 3.05) is 0 Å². The number of hydrogen-bond acceptors (Lipinski definition) is 5. The van der Waals surface area contributed by atoms with Crippen LogP contribution in [0.15, 0.2) is 12.2 Å². The highest BCUT2D eigenvalue weighted by atomic mass is 16.6. The molecule has 0 unspecified atom stereocenters. The molecule has 4 aliphatic carbocycles. The van der Waals surface area contributed by atoms with Crippen molar-refractivity contribution in [1.29, 1.82) is 0 Å². The fourth-order valence-corrected chi connectivity index (χ4v) is 7.72. The Morgan fingerprint density at radius 1 is 1.28 bits per heavy atom. The van der Waals surface area contributed by atoms with Crippen molar-refractivity contribution in [3.8, 4) is 0 Å². The molecular weight excluding hydrogens is 324 g/mol. The highest BCUT2D eigenvalue weighted by molar-refractivity contribution is 5.85. The molecule has 9 atom stereocenters. The van der Waals surface area contributed by atoms with Gasteiger partial charge in [-0.1, -0.05) is 12.2 Å². The monoisotopic (exact) mass is 348 g/mol. The smallest absolute Gasteiger partial charge is 0.315 e. The SMILES string of the molecule is C=C1C[C@]23C[C@H]1CC[C@H]2[C@@]12C[C@H](O)[C@@H](O)[C@@](C)(C(=O)O1)[C@H]2[C@@H]3C(=O)O. The summed E-state index contributed by atoms with van der Waals surface area (Å²) in [4.78, 5) is 25.2. The maximum Gasteiger partial charge on any atom is 0.315 e. The second kappa shape index (κ2) is 4.29. The molecule has 1 saturated heterocycles. The summed E-state index contributed by atoms with van der Waals surface area (Å²) in [7, 11) is 0. The number of rotatable bonds is 1. The highest BCUT2D eigenvalue weighted by Crippen LogP contribution is 2.77. The quantitative estimate of drug-likeness (QED) is 0.484. The molecule has 136 valence electrons. The molecule has 5 rings (SSSR count). The summed E-state index contributed by atoms with van der Waals surface area (Å²) >= 11 is 0. The van der Waals surface area contributed by atoms with Gasteiger partial charge in [-0.2, -0.15) is 0 Å². The zero-order valence-electron chi connectivity index (χ0n) is 14.3. The van der Waals surface area contributed by atoms with Gasteiger partial charge in [-0.05, 0) is 43.9 Å². The average Bonchev–Trinajstić information content (AvgIpc) is 3.00. The van der Waals surface area contributed by atoms with Crippen molar-refractivity contribution in [2.24, 2.45) is 34.5 Å². The lowest BCUT2D eigenvalue weighted by molar-refractivity contribution is -0.163. The molecule has 0 aromatic carbocycles. The number of carbonyl (C=O) groups excluding carboxylic acids is 1. The van der Waals surface area contributed by atoms with E-state index in [1.807, 2.05) is 0 Å². The first-order chi connectivity index (χ1) is 11.7. The number of carbonyl (C=O) groups is 2. The van der Waals surface area contributed by atoms with Crippen molar-refractivity contribution in [2.45, 2.75) is 56.8 Å². The molecule has 0 aromatic heterocycles. The fourth-order valence-electron chi connectivity index (χ4n) is 7.72. The second-order valence-electron chi connectivity index (χ2n) is 9.24. The van der Waals surface area contributed by atoms with E-state index in [0.717, 1.165) is 24.8 Å². The number of carboxylic acid groups (broad SMARTS) is 1. The van der Waals surface area contributed by atoms with Crippen LogP contribution in [-0.2, 0) is 14.3 Å². The maximum atomic E-state index is 12.7. The molecule has 1 spiro atoms. The number of aliphatic hydroxyl groups excluding tert-OH is 2. The predicted octanol–water partition coefficient (Wildman–Crippen LogP) is 1.11. The Morgan fingerprint density at radius 3 is 2.68 bits per heavy atom. The summed E-state index contributed by atoms with van der Waals surface area (Å²) < 4.78 is 5.92. The van der Waals surface area contributed by atoms with Crippen LogP contribution in [0.3, 0.4) is 0 Å². The van der Waals surface area contributed by atoms with E-state index in [1.54, 1.807) is 6.92 Å². The molecule has 0 radical (unpaired) electrons. The summed E-state index contributed by atoms with van der Waals surface area (Å²) in [6.07, 6.45) is 0.907. The number of fused-ring (bicyclic) bond motifs is 1. The maximum absolute atomic E-state index is 12.7. The Hall–Kier alpha value is -1.40. The molecule has 6 nitrogen and oxygen atoms in total. The molecule has 4 saturated carbocycles. The van der Waals surface area contributed by atoms with Crippen molar-refractivity contribution in [3.63, 3.8) is 0 Å². The number of hydrogen-bond donors (Lipinski definition) is 3. The Labute approximate surface area is 145 Å². The summed E-state index contributed by atoms with van der Waals surface area (Å²) in [6.45, 7) is 5.77. The lowest BCUT2D eigenvalue weighted by Crippen LogP contribution is -2.59. The van der Waals surface area contributed by atoms with Crippen LogP contribution in [0.25, 0.3) is 0 Å². The summed E-state index contributed by atoms with van der Waals surface area (Å²) in [5.74, 6) is -2.57. The molecule has 5 fully saturated rings. The average molecular weight is 348 g/mol. The van der Waals surface area contributed by atoms with Crippen LogP contribution >= 0.6 is 0 Å². The van der Waals surface area contributed by atoms with E-state index in [0.29, 0.717) is 12.3 Å². The van der Waals surface area contributed by atoms with E-state index in [1.165, 1.54) is 0 Å². The molecule has 0 amide bonds. The number of allylic oxidation sites excluding steroid dienone is 1. The molecular formula is C19H24O6. The van der Waals surface area contributed by atoms with Crippen molar-refractivity contribution in [1.82, 2.24) is 0 Å². The van der Waals surface area contributed by atoms with Crippen LogP contribution in [0.4, 0.5) is 0 Å². The first-order valence-electron chi connectivity index (χ1n) is 9.18. The van der Waals surface area contributed by atoms with E-state index in [2.05, 4.69) is 6.58 Å². The van der Waals surface area contributed by atoms with E-state index < -0.39 is 52.4 Å². The standard InChI is InChI=1S/C19H24O6/c1-8-5-18-6-9(8)3-4-11(18)19-7-10(20)14(21)17(2,16(24)25-19)13(19)12(18)15(22)23/h9-14,20-21H,1,3-7H2,2H3,(H,22,23)/t9-,10+,11-,12-,13-,14-,17+,18+,19-/m1/s1. The molecule has 1 heterocycles. The van der Waals surface area contributed by atoms with Gasteiger partial charge in [-0.15, -0.1) is 0 Å². The van der Waals surface area contributed by atoms with Crippen LogP contribution in [-0.4, -0.2) is 45.1 Å². The second-order valence-corrected chi connectivity index (χ2v) is 9.24. The Kier molecular flexibility index (Phi) is 2.71. The zero-order valence-corrected chi connectivity index (χ0v) is 14.3. The third-order valence-electron chi connectivity index (χ3n) is 8.47. The van der Waals surface area contributed by atoms with E-state index in [4.69, 9.17) is 4.74 Å². The van der Waals surface area contributed by atoms with Crippen LogP contribution in [0.1, 0.15) is 39.0 Å². The normalized spacial score (nSPS) is 58.7. The van der Waals surface area contributed by atoms with E-state index in [-0.39, 0.29) is 12.3 Å². The van der Waals surface area contributed by atoms with Crippen molar-refractivity contribution >= 4 is 11.9 Å². The van der Waals surface area contributed by atoms with Gasteiger partial charge in [0.05, 0.1) is 18.1 Å². The minimum absolute atomic E-state index is 0.0884. The van der Waals surface area contributed by atoms with Crippen LogP contribution in [0.2, 0.25) is 0 Å². The number of ether oxygens (including phenoxy) is 1. The molecule has 4 bridgehead atoms. The largest absolute Gasteiger partial charge is 0.481 e. The summed E-state index contributed by atoms with van der Waals surface area (Å²) in [5, 5.41) is 31.3. The predicted molar refractivity (Wildman–Crippen MR) is 85.2 cm³/mol. The molecule has 25 heavy (non-hydrogen) atoms. The first kappa shape index (κ1) is 15.8. The Bertz CT molecular complexity index is 717. The third kappa shape index (κ3) is 1.44. The van der Waals surface area contributed by atoms with Crippen molar-refractivity contribution in [3.05, 3.63) is 12.2 Å². The van der Waals surface area contributed by atoms with Gasteiger partial charge in [0, 0.05) is 18.3 Å². The highest BCUT2D eigenvalue weighted by Gasteiger charge is 2.84. The van der Waals surface area contributed by atoms with E-state index >= 15 is 0 Å². The molecule has 1 aliphatic heterocycles. The van der Waals surface area contributed by atoms with Crippen LogP contribution in [0.5, 0.6) is 0 Å². The summed E-state index contributed by atoms with van der Waals surface area (Å²) in [6, 6.07) is 0. The molecule has 0 aromatic rings. The van der Waals surface area contributed by atoms with Crippen LogP contribution in [0, 0.1) is 34.5 Å². The van der Waals surface area contributed by atoms with Crippen molar-refractivity contribution < 1.29 is 29.6 Å². The molecule has 5 aliphatic rings. The third-order valence-corrected chi connectivity index (χ3v) is 8.47. The van der Waals surface area contributed by atoms with Gasteiger partial charge in [0.1, 0.15) is 11.0 Å². The lowest BCUT2D eigenvalue weighted by atomic mass is 9.58. The lowest BCUT2D eigenvalue weighted by Gasteiger charge is -2.46. The van der Waals surface area contributed by atoms with Crippen LogP contribution < -0.4 is 0 Å². The number of esters is 1. The summed E-state index contributed by atoms with van der Waals surface area (Å²) in [5.41, 5.74) is -1.70. The van der Waals surface area contributed by atoms with Gasteiger partial charge in [0.15, 0.2) is 0 Å². The van der Waals surface area contributed by atoms with Gasteiger partial charge < -0.3 is 20.1 Å². The minimum Gasteiger partial charge on any atom is -0.481 e.